The normalized spacial score (nSPS) is 11.0. The zero-order chi connectivity index (χ0) is 15.5. The van der Waals surface area contributed by atoms with Crippen molar-refractivity contribution >= 4 is 5.84 Å². The summed E-state index contributed by atoms with van der Waals surface area (Å²) in [5, 5.41) is 7.41. The minimum atomic E-state index is 0.103. The van der Waals surface area contributed by atoms with Gasteiger partial charge in [0.1, 0.15) is 5.84 Å². The van der Waals surface area contributed by atoms with Crippen molar-refractivity contribution in [2.75, 3.05) is 39.5 Å². The Morgan fingerprint density at radius 2 is 1.57 bits per heavy atom. The van der Waals surface area contributed by atoms with Gasteiger partial charge in [-0.25, -0.2) is 0 Å². The molecule has 0 aliphatic heterocycles. The van der Waals surface area contributed by atoms with E-state index in [2.05, 4.69) is 4.90 Å². The van der Waals surface area contributed by atoms with Gasteiger partial charge < -0.3 is 15.2 Å². The van der Waals surface area contributed by atoms with Crippen LogP contribution in [-0.4, -0.2) is 50.3 Å². The van der Waals surface area contributed by atoms with Crippen molar-refractivity contribution in [2.24, 2.45) is 5.73 Å². The fourth-order valence-corrected chi connectivity index (χ4v) is 1.99. The second-order valence-corrected chi connectivity index (χ2v) is 4.78. The van der Waals surface area contributed by atoms with Crippen LogP contribution in [0.25, 0.3) is 0 Å². The zero-order valence-electron chi connectivity index (χ0n) is 13.1. The average Bonchev–Trinajstić information content (AvgIpc) is 2.48. The Morgan fingerprint density at radius 3 is 2.00 bits per heavy atom. The van der Waals surface area contributed by atoms with E-state index in [0.29, 0.717) is 0 Å². The highest BCUT2D eigenvalue weighted by Crippen LogP contribution is 2.07. The Bertz CT molecular complexity index is 396. The number of nitrogen functional groups attached to an aromatic ring is 1. The van der Waals surface area contributed by atoms with E-state index in [1.54, 1.807) is 0 Å². The van der Waals surface area contributed by atoms with Gasteiger partial charge in [0.05, 0.1) is 13.2 Å². The third-order valence-corrected chi connectivity index (χ3v) is 3.18. The van der Waals surface area contributed by atoms with Gasteiger partial charge in [-0.2, -0.15) is 0 Å². The van der Waals surface area contributed by atoms with E-state index in [-0.39, 0.29) is 5.84 Å². The number of ether oxygens (including phenoxy) is 2. The summed E-state index contributed by atoms with van der Waals surface area (Å²) in [6.07, 6.45) is 0. The third-order valence-electron chi connectivity index (χ3n) is 3.18. The number of nitrogens with two attached hydrogens (primary N) is 1. The molecule has 0 saturated heterocycles. The van der Waals surface area contributed by atoms with Gasteiger partial charge in [0.2, 0.25) is 0 Å². The minimum absolute atomic E-state index is 0.103. The molecule has 0 aliphatic rings. The van der Waals surface area contributed by atoms with Crippen molar-refractivity contribution in [3.63, 3.8) is 0 Å². The summed E-state index contributed by atoms with van der Waals surface area (Å²) in [5.41, 5.74) is 7.43. The van der Waals surface area contributed by atoms with Crippen LogP contribution in [0.4, 0.5) is 0 Å². The molecule has 0 saturated carbocycles. The minimum Gasteiger partial charge on any atom is -0.384 e. The average molecular weight is 293 g/mol. The van der Waals surface area contributed by atoms with E-state index in [0.717, 1.165) is 51.6 Å². The van der Waals surface area contributed by atoms with Gasteiger partial charge in [-0.05, 0) is 19.4 Å². The van der Waals surface area contributed by atoms with E-state index in [1.807, 2.05) is 38.1 Å². The summed E-state index contributed by atoms with van der Waals surface area (Å²) >= 11 is 0. The molecule has 1 aromatic rings. The van der Waals surface area contributed by atoms with Crippen LogP contribution in [0.1, 0.15) is 25.0 Å². The molecule has 0 aliphatic carbocycles. The number of rotatable bonds is 11. The second kappa shape index (κ2) is 10.3. The first-order chi connectivity index (χ1) is 10.2. The predicted octanol–water partition coefficient (Wildman–Crippen LogP) is 1.85. The SMILES string of the molecule is CCOCCN(CCOCC)Cc1ccc(C(=N)N)cc1. The molecule has 1 aromatic carbocycles. The van der Waals surface area contributed by atoms with Gasteiger partial charge in [0.15, 0.2) is 0 Å². The Hall–Kier alpha value is -1.43. The molecule has 5 heteroatoms. The van der Waals surface area contributed by atoms with Crippen molar-refractivity contribution < 1.29 is 9.47 Å². The molecule has 0 atom stereocenters. The molecule has 0 radical (unpaired) electrons. The van der Waals surface area contributed by atoms with Crippen LogP contribution in [0.3, 0.4) is 0 Å². The maximum absolute atomic E-state index is 7.41. The standard InChI is InChI=1S/C16H27N3O2/c1-3-20-11-9-19(10-12-21-4-2)13-14-5-7-15(8-6-14)16(17)18/h5-8H,3-4,9-13H2,1-2H3,(H3,17,18). The molecule has 0 amide bonds. The Balaban J connectivity index is 2.54. The lowest BCUT2D eigenvalue weighted by atomic mass is 10.1. The van der Waals surface area contributed by atoms with Crippen LogP contribution in [0.2, 0.25) is 0 Å². The van der Waals surface area contributed by atoms with Crippen LogP contribution in [0, 0.1) is 5.41 Å². The van der Waals surface area contributed by atoms with Gasteiger partial charge in [-0.1, -0.05) is 24.3 Å². The molecular formula is C16H27N3O2. The molecule has 0 spiro atoms. The number of benzene rings is 1. The highest BCUT2D eigenvalue weighted by molar-refractivity contribution is 5.94. The van der Waals surface area contributed by atoms with Gasteiger partial charge in [0.25, 0.3) is 0 Å². The molecule has 0 unspecified atom stereocenters. The third kappa shape index (κ3) is 7.22. The van der Waals surface area contributed by atoms with E-state index in [4.69, 9.17) is 20.6 Å². The van der Waals surface area contributed by atoms with Gasteiger partial charge in [-0.3, -0.25) is 10.3 Å². The predicted molar refractivity (Wildman–Crippen MR) is 85.7 cm³/mol. The highest BCUT2D eigenvalue weighted by Gasteiger charge is 2.06. The molecule has 3 N–H and O–H groups in total. The first kappa shape index (κ1) is 17.6. The molecular weight excluding hydrogens is 266 g/mol. The molecule has 21 heavy (non-hydrogen) atoms. The van der Waals surface area contributed by atoms with Crippen molar-refractivity contribution in [3.8, 4) is 0 Å². The smallest absolute Gasteiger partial charge is 0.122 e. The number of amidine groups is 1. The maximum atomic E-state index is 7.41. The fraction of sp³-hybridized carbons (Fsp3) is 0.562. The summed E-state index contributed by atoms with van der Waals surface area (Å²) in [6, 6.07) is 7.82. The molecule has 118 valence electrons. The van der Waals surface area contributed by atoms with Crippen molar-refractivity contribution in [3.05, 3.63) is 35.4 Å². The van der Waals surface area contributed by atoms with Gasteiger partial charge in [-0.15, -0.1) is 0 Å². The Labute approximate surface area is 127 Å². The summed E-state index contributed by atoms with van der Waals surface area (Å²) in [6.45, 7) is 9.57. The highest BCUT2D eigenvalue weighted by atomic mass is 16.5. The molecule has 0 heterocycles. The van der Waals surface area contributed by atoms with Crippen molar-refractivity contribution in [1.29, 1.82) is 5.41 Å². The molecule has 5 nitrogen and oxygen atoms in total. The van der Waals surface area contributed by atoms with E-state index >= 15 is 0 Å². The van der Waals surface area contributed by atoms with Crippen LogP contribution < -0.4 is 5.73 Å². The van der Waals surface area contributed by atoms with Crippen LogP contribution in [-0.2, 0) is 16.0 Å². The van der Waals surface area contributed by atoms with E-state index < -0.39 is 0 Å². The van der Waals surface area contributed by atoms with Gasteiger partial charge in [0, 0.05) is 38.4 Å². The maximum Gasteiger partial charge on any atom is 0.122 e. The molecule has 1 rings (SSSR count). The number of nitrogens with one attached hydrogen (secondary N) is 1. The van der Waals surface area contributed by atoms with E-state index in [1.165, 1.54) is 5.56 Å². The Morgan fingerprint density at radius 1 is 1.05 bits per heavy atom. The first-order valence-corrected chi connectivity index (χ1v) is 7.48. The fourth-order valence-electron chi connectivity index (χ4n) is 1.99. The lowest BCUT2D eigenvalue weighted by Gasteiger charge is -2.22. The first-order valence-electron chi connectivity index (χ1n) is 7.48. The second-order valence-electron chi connectivity index (χ2n) is 4.78. The lowest BCUT2D eigenvalue weighted by molar-refractivity contribution is 0.0798. The number of nitrogens with zero attached hydrogens (tertiary/aromatic N) is 1. The van der Waals surface area contributed by atoms with Crippen LogP contribution >= 0.6 is 0 Å². The summed E-state index contributed by atoms with van der Waals surface area (Å²) in [5.74, 6) is 0.103. The quantitative estimate of drug-likeness (QED) is 0.371. The van der Waals surface area contributed by atoms with Crippen LogP contribution in [0.5, 0.6) is 0 Å². The molecule has 0 bridgehead atoms. The Kier molecular flexibility index (Phi) is 8.66. The molecule has 0 fully saturated rings. The molecule has 0 aromatic heterocycles. The number of hydrogen-bond donors (Lipinski definition) is 2. The zero-order valence-corrected chi connectivity index (χ0v) is 13.1. The largest absolute Gasteiger partial charge is 0.384 e. The van der Waals surface area contributed by atoms with Crippen molar-refractivity contribution in [1.82, 2.24) is 4.90 Å². The van der Waals surface area contributed by atoms with E-state index in [9.17, 15) is 0 Å². The monoisotopic (exact) mass is 293 g/mol. The topological polar surface area (TPSA) is 71.6 Å². The summed E-state index contributed by atoms with van der Waals surface area (Å²) < 4.78 is 10.9. The van der Waals surface area contributed by atoms with Crippen molar-refractivity contribution in [2.45, 2.75) is 20.4 Å². The summed E-state index contributed by atoms with van der Waals surface area (Å²) in [7, 11) is 0. The number of hydrogen-bond acceptors (Lipinski definition) is 4. The lowest BCUT2D eigenvalue weighted by Crippen LogP contribution is -2.30. The van der Waals surface area contributed by atoms with Crippen LogP contribution in [0.15, 0.2) is 24.3 Å². The summed E-state index contributed by atoms with van der Waals surface area (Å²) in [4.78, 5) is 2.31. The van der Waals surface area contributed by atoms with Gasteiger partial charge >= 0.3 is 0 Å².